The van der Waals surface area contributed by atoms with Gasteiger partial charge in [0.15, 0.2) is 0 Å². The van der Waals surface area contributed by atoms with Crippen LogP contribution in [0.1, 0.15) is 31.0 Å². The molecular weight excluding hydrogens is 394 g/mol. The minimum Gasteiger partial charge on any atom is -0.378 e. The van der Waals surface area contributed by atoms with E-state index < -0.39 is 0 Å². The van der Waals surface area contributed by atoms with E-state index in [1.807, 2.05) is 29.6 Å². The van der Waals surface area contributed by atoms with Crippen LogP contribution in [0.2, 0.25) is 0 Å². The number of hydrogen-bond acceptors (Lipinski definition) is 5. The number of amides is 1. The molecule has 4 rings (SSSR count). The molecule has 0 spiro atoms. The van der Waals surface area contributed by atoms with E-state index in [2.05, 4.69) is 53.3 Å². The van der Waals surface area contributed by atoms with Crippen LogP contribution < -0.4 is 10.2 Å². The Labute approximate surface area is 181 Å². The first kappa shape index (κ1) is 20.6. The number of nitrogens with one attached hydrogen (secondary N) is 1. The zero-order chi connectivity index (χ0) is 20.9. The monoisotopic (exact) mass is 421 g/mol. The van der Waals surface area contributed by atoms with E-state index in [4.69, 9.17) is 4.74 Å². The van der Waals surface area contributed by atoms with Gasteiger partial charge in [-0.1, -0.05) is 38.1 Å². The molecule has 30 heavy (non-hydrogen) atoms. The molecule has 1 amide bonds. The quantitative estimate of drug-likeness (QED) is 0.612. The molecule has 0 bridgehead atoms. The van der Waals surface area contributed by atoms with Gasteiger partial charge >= 0.3 is 0 Å². The highest BCUT2D eigenvalue weighted by atomic mass is 32.1. The lowest BCUT2D eigenvalue weighted by Crippen LogP contribution is -2.36. The number of aromatic nitrogens is 1. The number of nitrogens with zero attached hydrogens (tertiary/aromatic N) is 2. The second-order valence-corrected chi connectivity index (χ2v) is 8.65. The highest BCUT2D eigenvalue weighted by molar-refractivity contribution is 7.13. The van der Waals surface area contributed by atoms with Gasteiger partial charge in [0.05, 0.1) is 25.3 Å². The highest BCUT2D eigenvalue weighted by Crippen LogP contribution is 2.26. The maximum absolute atomic E-state index is 12.5. The fraction of sp³-hybridized carbons (Fsp3) is 0.333. The second kappa shape index (κ2) is 9.41. The highest BCUT2D eigenvalue weighted by Gasteiger charge is 2.12. The van der Waals surface area contributed by atoms with Crippen molar-refractivity contribution in [3.8, 4) is 10.6 Å². The molecule has 1 aromatic heterocycles. The smallest absolute Gasteiger partial charge is 0.230 e. The Hall–Kier alpha value is -2.70. The topological polar surface area (TPSA) is 54.5 Å². The summed E-state index contributed by atoms with van der Waals surface area (Å²) >= 11 is 1.58. The summed E-state index contributed by atoms with van der Waals surface area (Å²) in [5, 5.41) is 5.88. The van der Waals surface area contributed by atoms with E-state index in [1.165, 1.54) is 5.56 Å². The van der Waals surface area contributed by atoms with Crippen molar-refractivity contribution in [1.29, 1.82) is 0 Å². The van der Waals surface area contributed by atoms with Gasteiger partial charge in [-0.3, -0.25) is 4.79 Å². The SMILES string of the molecule is CC(C)c1ccc(-c2nc(CC(=O)Nc3ccc(N4CCOCC4)cc3)cs2)cc1. The molecule has 2 aromatic carbocycles. The van der Waals surface area contributed by atoms with Crippen LogP contribution in [0.25, 0.3) is 10.6 Å². The number of benzene rings is 2. The molecule has 0 unspecified atom stereocenters. The molecular formula is C24H27N3O2S. The Balaban J connectivity index is 1.34. The molecule has 1 aliphatic heterocycles. The zero-order valence-electron chi connectivity index (χ0n) is 17.4. The molecule has 1 N–H and O–H groups in total. The molecule has 6 heteroatoms. The van der Waals surface area contributed by atoms with Crippen LogP contribution in [0, 0.1) is 0 Å². The van der Waals surface area contributed by atoms with Crippen molar-refractivity contribution in [3.05, 3.63) is 65.2 Å². The molecule has 2 heterocycles. The number of carbonyl (C=O) groups is 1. The van der Waals surface area contributed by atoms with Crippen LogP contribution >= 0.6 is 11.3 Å². The summed E-state index contributed by atoms with van der Waals surface area (Å²) in [4.78, 5) is 19.4. The number of morpholine rings is 1. The molecule has 156 valence electrons. The van der Waals surface area contributed by atoms with Gasteiger partial charge in [-0.25, -0.2) is 4.98 Å². The number of ether oxygens (including phenoxy) is 1. The number of anilines is 2. The molecule has 3 aromatic rings. The van der Waals surface area contributed by atoms with E-state index in [0.717, 1.165) is 53.9 Å². The summed E-state index contributed by atoms with van der Waals surface area (Å²) in [6.45, 7) is 7.69. The maximum Gasteiger partial charge on any atom is 0.230 e. The normalized spacial score (nSPS) is 14.2. The van der Waals surface area contributed by atoms with Gasteiger partial charge in [0.1, 0.15) is 5.01 Å². The fourth-order valence-corrected chi connectivity index (χ4v) is 4.30. The van der Waals surface area contributed by atoms with Crippen molar-refractivity contribution in [1.82, 2.24) is 4.98 Å². The zero-order valence-corrected chi connectivity index (χ0v) is 18.2. The molecule has 1 aliphatic rings. The van der Waals surface area contributed by atoms with Gasteiger partial charge in [0.2, 0.25) is 5.91 Å². The molecule has 0 saturated carbocycles. The lowest BCUT2D eigenvalue weighted by molar-refractivity contribution is -0.115. The summed E-state index contributed by atoms with van der Waals surface area (Å²) in [6, 6.07) is 16.5. The standard InChI is InChI=1S/C24H27N3O2S/c1-17(2)18-3-5-19(6-4-18)24-26-21(16-30-24)15-23(28)25-20-7-9-22(10-8-20)27-11-13-29-14-12-27/h3-10,16-17H,11-15H2,1-2H3,(H,25,28). The van der Waals surface area contributed by atoms with E-state index in [-0.39, 0.29) is 12.3 Å². The predicted octanol–water partition coefficient (Wildman–Crippen LogP) is 4.95. The first-order valence-electron chi connectivity index (χ1n) is 10.4. The summed E-state index contributed by atoms with van der Waals surface area (Å²) < 4.78 is 5.39. The van der Waals surface area contributed by atoms with Gasteiger partial charge in [0, 0.05) is 35.4 Å². The Morgan fingerprint density at radius 3 is 2.47 bits per heavy atom. The third-order valence-electron chi connectivity index (χ3n) is 5.25. The molecule has 0 atom stereocenters. The van der Waals surface area contributed by atoms with Gasteiger partial charge in [-0.2, -0.15) is 0 Å². The first-order chi connectivity index (χ1) is 14.6. The lowest BCUT2D eigenvalue weighted by Gasteiger charge is -2.28. The van der Waals surface area contributed by atoms with Crippen molar-refractivity contribution in [3.63, 3.8) is 0 Å². The second-order valence-electron chi connectivity index (χ2n) is 7.79. The van der Waals surface area contributed by atoms with Crippen molar-refractivity contribution < 1.29 is 9.53 Å². The molecule has 1 saturated heterocycles. The predicted molar refractivity (Wildman–Crippen MR) is 123 cm³/mol. The minimum atomic E-state index is -0.0545. The van der Waals surface area contributed by atoms with Crippen LogP contribution in [-0.4, -0.2) is 37.2 Å². The fourth-order valence-electron chi connectivity index (χ4n) is 3.48. The van der Waals surface area contributed by atoms with Crippen LogP contribution in [0.4, 0.5) is 11.4 Å². The van der Waals surface area contributed by atoms with Crippen LogP contribution in [0.15, 0.2) is 53.9 Å². The van der Waals surface area contributed by atoms with Gasteiger partial charge in [-0.05, 0) is 35.7 Å². The minimum absolute atomic E-state index is 0.0545. The van der Waals surface area contributed by atoms with Crippen LogP contribution in [-0.2, 0) is 16.0 Å². The van der Waals surface area contributed by atoms with Crippen molar-refractivity contribution >= 4 is 28.6 Å². The number of thiazole rings is 1. The van der Waals surface area contributed by atoms with E-state index in [9.17, 15) is 4.79 Å². The first-order valence-corrected chi connectivity index (χ1v) is 11.2. The third-order valence-corrected chi connectivity index (χ3v) is 6.19. The van der Waals surface area contributed by atoms with Crippen molar-refractivity contribution in [2.75, 3.05) is 36.5 Å². The molecule has 1 fully saturated rings. The Bertz CT molecular complexity index is 974. The summed E-state index contributed by atoms with van der Waals surface area (Å²) in [6.07, 6.45) is 0.270. The summed E-state index contributed by atoms with van der Waals surface area (Å²) in [7, 11) is 0. The van der Waals surface area contributed by atoms with E-state index in [1.54, 1.807) is 11.3 Å². The Kier molecular flexibility index (Phi) is 6.45. The Morgan fingerprint density at radius 2 is 1.80 bits per heavy atom. The van der Waals surface area contributed by atoms with Gasteiger partial charge < -0.3 is 15.0 Å². The van der Waals surface area contributed by atoms with Crippen LogP contribution in [0.5, 0.6) is 0 Å². The summed E-state index contributed by atoms with van der Waals surface area (Å²) in [5.74, 6) is 0.457. The van der Waals surface area contributed by atoms with Gasteiger partial charge in [-0.15, -0.1) is 11.3 Å². The van der Waals surface area contributed by atoms with E-state index >= 15 is 0 Å². The average Bonchev–Trinajstić information content (AvgIpc) is 3.23. The average molecular weight is 422 g/mol. The maximum atomic E-state index is 12.5. The lowest BCUT2D eigenvalue weighted by atomic mass is 10.0. The largest absolute Gasteiger partial charge is 0.378 e. The van der Waals surface area contributed by atoms with Crippen molar-refractivity contribution in [2.45, 2.75) is 26.2 Å². The third kappa shape index (κ3) is 5.07. The molecule has 0 aliphatic carbocycles. The number of hydrogen-bond donors (Lipinski definition) is 1. The van der Waals surface area contributed by atoms with Crippen LogP contribution in [0.3, 0.4) is 0 Å². The summed E-state index contributed by atoms with van der Waals surface area (Å²) in [5.41, 5.74) is 5.16. The number of carbonyl (C=O) groups excluding carboxylic acids is 1. The van der Waals surface area contributed by atoms with Crippen molar-refractivity contribution in [2.24, 2.45) is 0 Å². The molecule has 0 radical (unpaired) electrons. The Morgan fingerprint density at radius 1 is 1.10 bits per heavy atom. The molecule has 5 nitrogen and oxygen atoms in total. The van der Waals surface area contributed by atoms with E-state index in [0.29, 0.717) is 5.92 Å². The van der Waals surface area contributed by atoms with Gasteiger partial charge in [0.25, 0.3) is 0 Å². The number of rotatable bonds is 6.